The molecule has 4 nitrogen and oxygen atoms in total. The largest absolute Gasteiger partial charge is 0.396 e. The van der Waals surface area contributed by atoms with Crippen LogP contribution >= 0.6 is 0 Å². The molecule has 1 aromatic rings. The Bertz CT molecular complexity index is 510. The van der Waals surface area contributed by atoms with Gasteiger partial charge in [0.15, 0.2) is 0 Å². The SMILES string of the molecule is CC(CC(=O)Nc1ccccc1C(C)C)NCC1(CO)CC1. The van der Waals surface area contributed by atoms with Crippen molar-refractivity contribution in [2.24, 2.45) is 5.41 Å². The lowest BCUT2D eigenvalue weighted by Crippen LogP contribution is -2.36. The minimum atomic E-state index is 0.0296. The quantitative estimate of drug-likeness (QED) is 0.692. The van der Waals surface area contributed by atoms with E-state index < -0.39 is 0 Å². The van der Waals surface area contributed by atoms with E-state index in [1.54, 1.807) is 0 Å². The van der Waals surface area contributed by atoms with Gasteiger partial charge in [0.1, 0.15) is 0 Å². The van der Waals surface area contributed by atoms with Gasteiger partial charge in [0, 0.05) is 36.7 Å². The van der Waals surface area contributed by atoms with E-state index >= 15 is 0 Å². The highest BCUT2D eigenvalue weighted by Crippen LogP contribution is 2.44. The van der Waals surface area contributed by atoms with Crippen LogP contribution in [0.25, 0.3) is 0 Å². The maximum atomic E-state index is 12.2. The molecule has 2 rings (SSSR count). The molecule has 1 amide bonds. The highest BCUT2D eigenvalue weighted by Gasteiger charge is 2.41. The number of rotatable bonds is 8. The molecule has 0 heterocycles. The Morgan fingerprint density at radius 1 is 1.27 bits per heavy atom. The Morgan fingerprint density at radius 3 is 2.55 bits per heavy atom. The van der Waals surface area contributed by atoms with E-state index in [0.29, 0.717) is 12.3 Å². The lowest BCUT2D eigenvalue weighted by molar-refractivity contribution is -0.116. The summed E-state index contributed by atoms with van der Waals surface area (Å²) in [5, 5.41) is 15.7. The van der Waals surface area contributed by atoms with Crippen LogP contribution in [0.1, 0.15) is 51.5 Å². The lowest BCUT2D eigenvalue weighted by atomic mass is 10.0. The number of carbonyl (C=O) groups excluding carboxylic acids is 1. The third-order valence-electron chi connectivity index (χ3n) is 4.47. The Balaban J connectivity index is 1.82. The van der Waals surface area contributed by atoms with Crippen LogP contribution in [0.2, 0.25) is 0 Å². The van der Waals surface area contributed by atoms with Gasteiger partial charge in [-0.05, 0) is 37.3 Å². The molecule has 1 fully saturated rings. The van der Waals surface area contributed by atoms with Crippen LogP contribution in [-0.4, -0.2) is 30.2 Å². The third-order valence-corrected chi connectivity index (χ3v) is 4.47. The topological polar surface area (TPSA) is 61.4 Å². The molecule has 1 atom stereocenters. The second kappa shape index (κ2) is 7.25. The fourth-order valence-corrected chi connectivity index (χ4v) is 2.62. The van der Waals surface area contributed by atoms with Gasteiger partial charge < -0.3 is 15.7 Å². The molecule has 0 spiro atoms. The number of amides is 1. The average Bonchev–Trinajstić information content (AvgIpc) is 3.26. The molecule has 0 bridgehead atoms. The van der Waals surface area contributed by atoms with Crippen LogP contribution in [0.4, 0.5) is 5.69 Å². The summed E-state index contributed by atoms with van der Waals surface area (Å²) in [6.45, 7) is 7.29. The van der Waals surface area contributed by atoms with Gasteiger partial charge in [0.05, 0.1) is 0 Å². The molecule has 1 aliphatic carbocycles. The summed E-state index contributed by atoms with van der Waals surface area (Å²) < 4.78 is 0. The van der Waals surface area contributed by atoms with E-state index in [2.05, 4.69) is 30.5 Å². The van der Waals surface area contributed by atoms with Gasteiger partial charge in [0.2, 0.25) is 5.91 Å². The van der Waals surface area contributed by atoms with Crippen molar-refractivity contribution in [3.63, 3.8) is 0 Å². The van der Waals surface area contributed by atoms with Gasteiger partial charge in [-0.25, -0.2) is 0 Å². The standard InChI is InChI=1S/C18H28N2O2/c1-13(2)15-6-4-5-7-16(15)20-17(22)10-14(3)19-11-18(12-21)8-9-18/h4-7,13-14,19,21H,8-12H2,1-3H3,(H,20,22). The Morgan fingerprint density at radius 2 is 1.95 bits per heavy atom. The Kier molecular flexibility index (Phi) is 5.59. The molecule has 1 saturated carbocycles. The van der Waals surface area contributed by atoms with Crippen LogP contribution in [0.5, 0.6) is 0 Å². The zero-order valence-corrected chi connectivity index (χ0v) is 13.9. The third kappa shape index (κ3) is 4.55. The minimum absolute atomic E-state index is 0.0296. The van der Waals surface area contributed by atoms with Crippen molar-refractivity contribution in [3.8, 4) is 0 Å². The first-order chi connectivity index (χ1) is 10.5. The minimum Gasteiger partial charge on any atom is -0.396 e. The Hall–Kier alpha value is -1.39. The van der Waals surface area contributed by atoms with Gasteiger partial charge in [-0.15, -0.1) is 0 Å². The molecule has 0 aromatic heterocycles. The number of para-hydroxylation sites is 1. The maximum absolute atomic E-state index is 12.2. The molecule has 4 heteroatoms. The summed E-state index contributed by atoms with van der Waals surface area (Å²) in [7, 11) is 0. The number of hydrogen-bond donors (Lipinski definition) is 3. The molecule has 1 unspecified atom stereocenters. The summed E-state index contributed by atoms with van der Waals surface area (Å²) in [4.78, 5) is 12.2. The molecule has 122 valence electrons. The summed E-state index contributed by atoms with van der Waals surface area (Å²) in [6.07, 6.45) is 2.60. The van der Waals surface area contributed by atoms with Crippen LogP contribution in [-0.2, 0) is 4.79 Å². The molecule has 0 aliphatic heterocycles. The normalized spacial score (nSPS) is 17.3. The van der Waals surface area contributed by atoms with Gasteiger partial charge in [-0.1, -0.05) is 32.0 Å². The monoisotopic (exact) mass is 304 g/mol. The van der Waals surface area contributed by atoms with Gasteiger partial charge in [0.25, 0.3) is 0 Å². The van der Waals surface area contributed by atoms with E-state index in [0.717, 1.165) is 30.6 Å². The van der Waals surface area contributed by atoms with Crippen molar-refractivity contribution >= 4 is 11.6 Å². The van der Waals surface area contributed by atoms with Crippen molar-refractivity contribution in [1.82, 2.24) is 5.32 Å². The van der Waals surface area contributed by atoms with Crippen LogP contribution in [0.15, 0.2) is 24.3 Å². The highest BCUT2D eigenvalue weighted by atomic mass is 16.3. The van der Waals surface area contributed by atoms with E-state index in [-0.39, 0.29) is 24.0 Å². The van der Waals surface area contributed by atoms with Crippen molar-refractivity contribution in [3.05, 3.63) is 29.8 Å². The number of anilines is 1. The van der Waals surface area contributed by atoms with Gasteiger partial charge in [-0.3, -0.25) is 4.79 Å². The highest BCUT2D eigenvalue weighted by molar-refractivity contribution is 5.91. The van der Waals surface area contributed by atoms with Crippen molar-refractivity contribution in [1.29, 1.82) is 0 Å². The first-order valence-electron chi connectivity index (χ1n) is 8.19. The smallest absolute Gasteiger partial charge is 0.225 e. The van der Waals surface area contributed by atoms with E-state index in [4.69, 9.17) is 0 Å². The molecular formula is C18H28N2O2. The summed E-state index contributed by atoms with van der Waals surface area (Å²) in [5.74, 6) is 0.410. The molecular weight excluding hydrogens is 276 g/mol. The number of carbonyl (C=O) groups is 1. The molecule has 3 N–H and O–H groups in total. The summed E-state index contributed by atoms with van der Waals surface area (Å²) >= 11 is 0. The fourth-order valence-electron chi connectivity index (χ4n) is 2.62. The predicted octanol–water partition coefficient (Wildman–Crippen LogP) is 2.89. The fraction of sp³-hybridized carbons (Fsp3) is 0.611. The van der Waals surface area contributed by atoms with Crippen LogP contribution in [0.3, 0.4) is 0 Å². The number of aliphatic hydroxyl groups is 1. The molecule has 22 heavy (non-hydrogen) atoms. The van der Waals surface area contributed by atoms with E-state index in [1.807, 2.05) is 25.1 Å². The summed E-state index contributed by atoms with van der Waals surface area (Å²) in [6, 6.07) is 8.06. The first-order valence-corrected chi connectivity index (χ1v) is 8.19. The second-order valence-electron chi connectivity index (χ2n) is 6.93. The molecule has 1 aliphatic rings. The predicted molar refractivity (Wildman–Crippen MR) is 90.0 cm³/mol. The number of hydrogen-bond acceptors (Lipinski definition) is 3. The number of benzene rings is 1. The molecule has 0 radical (unpaired) electrons. The van der Waals surface area contributed by atoms with Crippen molar-refractivity contribution in [2.45, 2.75) is 52.0 Å². The maximum Gasteiger partial charge on any atom is 0.225 e. The van der Waals surface area contributed by atoms with Crippen LogP contribution in [0, 0.1) is 5.41 Å². The number of aliphatic hydroxyl groups excluding tert-OH is 1. The summed E-state index contributed by atoms with van der Waals surface area (Å²) in [5.41, 5.74) is 2.15. The molecule has 0 saturated heterocycles. The zero-order valence-electron chi connectivity index (χ0n) is 13.9. The van der Waals surface area contributed by atoms with Crippen molar-refractivity contribution in [2.75, 3.05) is 18.5 Å². The lowest BCUT2D eigenvalue weighted by Gasteiger charge is -2.19. The van der Waals surface area contributed by atoms with E-state index in [9.17, 15) is 9.90 Å². The van der Waals surface area contributed by atoms with E-state index in [1.165, 1.54) is 0 Å². The average molecular weight is 304 g/mol. The van der Waals surface area contributed by atoms with Crippen molar-refractivity contribution < 1.29 is 9.90 Å². The Labute approximate surface area is 133 Å². The number of nitrogens with one attached hydrogen (secondary N) is 2. The van der Waals surface area contributed by atoms with Gasteiger partial charge in [-0.2, -0.15) is 0 Å². The molecule has 1 aromatic carbocycles. The first kappa shape index (κ1) is 17.0. The second-order valence-corrected chi connectivity index (χ2v) is 6.93. The van der Waals surface area contributed by atoms with Gasteiger partial charge >= 0.3 is 0 Å². The zero-order chi connectivity index (χ0) is 16.2. The van der Waals surface area contributed by atoms with Crippen LogP contribution < -0.4 is 10.6 Å².